The van der Waals surface area contributed by atoms with Crippen molar-refractivity contribution >= 4 is 34.9 Å². The van der Waals surface area contributed by atoms with Gasteiger partial charge in [0.15, 0.2) is 5.76 Å². The lowest BCUT2D eigenvalue weighted by Gasteiger charge is -2.19. The minimum absolute atomic E-state index is 0.0207. The third kappa shape index (κ3) is 2.89. The first kappa shape index (κ1) is 15.1. The molecule has 0 radical (unpaired) electrons. The van der Waals surface area contributed by atoms with Crippen LogP contribution in [0.1, 0.15) is 11.1 Å². The monoisotopic (exact) mass is 325 g/mol. The van der Waals surface area contributed by atoms with Crippen molar-refractivity contribution in [3.8, 4) is 0 Å². The molecular weight excluding hydrogens is 314 g/mol. The van der Waals surface area contributed by atoms with Crippen LogP contribution in [0, 0.1) is 0 Å². The Morgan fingerprint density at radius 1 is 0.957 bits per heavy atom. The van der Waals surface area contributed by atoms with Gasteiger partial charge in [0.25, 0.3) is 11.7 Å². The highest BCUT2D eigenvalue weighted by atomic mass is 35.5. The Morgan fingerprint density at radius 2 is 1.61 bits per heavy atom. The van der Waals surface area contributed by atoms with Gasteiger partial charge >= 0.3 is 0 Å². The number of carbonyl (C=O) groups is 2. The number of ketones is 1. The van der Waals surface area contributed by atoms with Crippen LogP contribution in [-0.4, -0.2) is 16.8 Å². The second-order valence-electron chi connectivity index (χ2n) is 4.95. The fourth-order valence-corrected chi connectivity index (χ4v) is 2.51. The van der Waals surface area contributed by atoms with E-state index in [4.69, 9.17) is 11.6 Å². The summed E-state index contributed by atoms with van der Waals surface area (Å²) in [5.74, 6) is -1.84. The van der Waals surface area contributed by atoms with E-state index >= 15 is 0 Å². The number of rotatable bonds is 2. The van der Waals surface area contributed by atoms with E-state index in [1.54, 1.807) is 54.6 Å². The van der Waals surface area contributed by atoms with Crippen LogP contribution in [-0.2, 0) is 9.59 Å². The first-order valence-corrected chi connectivity index (χ1v) is 7.26. The molecule has 0 aromatic heterocycles. The van der Waals surface area contributed by atoms with Crippen LogP contribution in [0.25, 0.3) is 11.6 Å². The number of aliphatic hydroxyl groups is 1. The summed E-state index contributed by atoms with van der Waals surface area (Å²) in [4.78, 5) is 24.0. The highest BCUT2D eigenvalue weighted by molar-refractivity contribution is 6.55. The van der Waals surface area contributed by atoms with Crippen molar-refractivity contribution < 1.29 is 14.7 Å². The molecule has 0 aliphatic carbocycles. The predicted octanol–water partition coefficient (Wildman–Crippen LogP) is 3.35. The number of benzene rings is 2. The molecule has 0 saturated carbocycles. The van der Waals surface area contributed by atoms with Gasteiger partial charge in [-0.3, -0.25) is 9.59 Å². The van der Waals surface area contributed by atoms with E-state index in [2.05, 4.69) is 5.32 Å². The summed E-state index contributed by atoms with van der Waals surface area (Å²) < 4.78 is 0. The minimum atomic E-state index is -0.792. The van der Waals surface area contributed by atoms with E-state index in [1.165, 1.54) is 6.08 Å². The lowest BCUT2D eigenvalue weighted by Crippen LogP contribution is -2.37. The third-order valence-corrected chi connectivity index (χ3v) is 3.79. The van der Waals surface area contributed by atoms with Gasteiger partial charge in [0.05, 0.1) is 11.3 Å². The summed E-state index contributed by atoms with van der Waals surface area (Å²) in [6.07, 6.45) is 1.53. The maximum Gasteiger partial charge on any atom is 0.297 e. The van der Waals surface area contributed by atoms with Gasteiger partial charge < -0.3 is 10.4 Å². The molecule has 3 rings (SSSR count). The molecule has 2 aromatic rings. The van der Waals surface area contributed by atoms with E-state index < -0.39 is 11.7 Å². The van der Waals surface area contributed by atoms with Gasteiger partial charge in [-0.25, -0.2) is 0 Å². The van der Waals surface area contributed by atoms with E-state index in [-0.39, 0.29) is 17.0 Å². The Morgan fingerprint density at radius 3 is 2.30 bits per heavy atom. The average molecular weight is 326 g/mol. The van der Waals surface area contributed by atoms with Gasteiger partial charge in [-0.2, -0.15) is 0 Å². The molecule has 1 heterocycles. The maximum atomic E-state index is 12.1. The quantitative estimate of drug-likeness (QED) is 0.832. The van der Waals surface area contributed by atoms with E-state index in [9.17, 15) is 14.7 Å². The number of amides is 1. The third-order valence-electron chi connectivity index (χ3n) is 3.44. The number of Topliss-reactive ketones (excluding diaryl/α,β-unsaturated/α-hetero) is 1. The van der Waals surface area contributed by atoms with Crippen molar-refractivity contribution in [2.75, 3.05) is 0 Å². The molecule has 23 heavy (non-hydrogen) atoms. The van der Waals surface area contributed by atoms with Crippen molar-refractivity contribution in [1.82, 2.24) is 5.32 Å². The van der Waals surface area contributed by atoms with Crippen LogP contribution in [0.3, 0.4) is 0 Å². The van der Waals surface area contributed by atoms with Crippen molar-refractivity contribution in [2.24, 2.45) is 0 Å². The zero-order valence-corrected chi connectivity index (χ0v) is 12.7. The Hall–Kier alpha value is -2.85. The van der Waals surface area contributed by atoms with Gasteiger partial charge in [-0.05, 0) is 23.3 Å². The summed E-state index contributed by atoms with van der Waals surface area (Å²) in [6, 6.07) is 15.6. The fourth-order valence-electron chi connectivity index (χ4n) is 2.32. The smallest absolute Gasteiger partial charge is 0.297 e. The highest BCUT2D eigenvalue weighted by Crippen LogP contribution is 2.28. The molecule has 0 unspecified atom stereocenters. The molecule has 0 fully saturated rings. The number of hydrogen-bond acceptors (Lipinski definition) is 3. The molecule has 2 aromatic carbocycles. The highest BCUT2D eigenvalue weighted by Gasteiger charge is 2.31. The van der Waals surface area contributed by atoms with E-state index in [1.807, 2.05) is 0 Å². The number of nitrogens with one attached hydrogen (secondary N) is 1. The van der Waals surface area contributed by atoms with Crippen molar-refractivity contribution in [3.05, 3.63) is 82.2 Å². The van der Waals surface area contributed by atoms with Crippen LogP contribution in [0.2, 0.25) is 5.02 Å². The lowest BCUT2D eigenvalue weighted by atomic mass is 9.95. The molecule has 2 N–H and O–H groups in total. The largest absolute Gasteiger partial charge is 0.505 e. The lowest BCUT2D eigenvalue weighted by molar-refractivity contribution is -0.134. The molecule has 0 saturated heterocycles. The van der Waals surface area contributed by atoms with Gasteiger partial charge in [-0.1, -0.05) is 60.1 Å². The molecule has 4 nitrogen and oxygen atoms in total. The van der Waals surface area contributed by atoms with Gasteiger partial charge in [-0.15, -0.1) is 0 Å². The van der Waals surface area contributed by atoms with E-state index in [0.29, 0.717) is 16.1 Å². The molecule has 0 spiro atoms. The molecular formula is C18H12ClNO3. The number of halogens is 1. The number of aliphatic hydroxyl groups excluding tert-OH is 1. The van der Waals surface area contributed by atoms with Gasteiger partial charge in [0.2, 0.25) is 0 Å². The number of hydrogen-bond donors (Lipinski definition) is 2. The van der Waals surface area contributed by atoms with Crippen LogP contribution in [0.5, 0.6) is 0 Å². The Kier molecular flexibility index (Phi) is 4.00. The van der Waals surface area contributed by atoms with Gasteiger partial charge in [0, 0.05) is 5.02 Å². The fraction of sp³-hybridized carbons (Fsp3) is 0. The topological polar surface area (TPSA) is 66.4 Å². The molecule has 1 aliphatic rings. The van der Waals surface area contributed by atoms with Crippen molar-refractivity contribution in [2.45, 2.75) is 0 Å². The molecule has 1 aliphatic heterocycles. The predicted molar refractivity (Wildman–Crippen MR) is 88.6 cm³/mol. The van der Waals surface area contributed by atoms with Crippen LogP contribution in [0.4, 0.5) is 0 Å². The Bertz CT molecular complexity index is 854. The zero-order chi connectivity index (χ0) is 16.4. The molecule has 1 amide bonds. The summed E-state index contributed by atoms with van der Waals surface area (Å²) in [7, 11) is 0. The van der Waals surface area contributed by atoms with Crippen LogP contribution in [0.15, 0.2) is 66.1 Å². The first-order valence-electron chi connectivity index (χ1n) is 6.89. The van der Waals surface area contributed by atoms with E-state index in [0.717, 1.165) is 0 Å². The molecule has 0 atom stereocenters. The van der Waals surface area contributed by atoms with Gasteiger partial charge in [0.1, 0.15) is 0 Å². The molecule has 5 heteroatoms. The van der Waals surface area contributed by atoms with Crippen LogP contribution < -0.4 is 5.32 Å². The minimum Gasteiger partial charge on any atom is -0.505 e. The SMILES string of the molecule is O=C1N/C(=C\c2ccccc2Cl)C(O)=C(c2ccccc2)C1=O. The standard InChI is InChI=1S/C18H12ClNO3/c19-13-9-5-4-8-12(13)10-14-16(21)15(17(22)18(23)20-14)11-6-2-1-3-7-11/h1-10,21H,(H,20,23)/b14-10-. The maximum absolute atomic E-state index is 12.1. The second-order valence-corrected chi connectivity index (χ2v) is 5.36. The Labute approximate surface area is 137 Å². The normalized spacial score (nSPS) is 16.7. The summed E-state index contributed by atoms with van der Waals surface area (Å²) in [6.45, 7) is 0. The summed E-state index contributed by atoms with van der Waals surface area (Å²) >= 11 is 6.09. The zero-order valence-electron chi connectivity index (χ0n) is 11.9. The Balaban J connectivity index is 2.16. The first-order chi connectivity index (χ1) is 11.1. The molecule has 0 bridgehead atoms. The van der Waals surface area contributed by atoms with Crippen LogP contribution >= 0.6 is 11.6 Å². The number of carbonyl (C=O) groups excluding carboxylic acids is 2. The molecule has 114 valence electrons. The second kappa shape index (κ2) is 6.10. The summed E-state index contributed by atoms with van der Waals surface area (Å²) in [5.41, 5.74) is 1.22. The van der Waals surface area contributed by atoms with Crippen molar-refractivity contribution in [3.63, 3.8) is 0 Å². The average Bonchev–Trinajstić information content (AvgIpc) is 2.56. The van der Waals surface area contributed by atoms with Crippen molar-refractivity contribution in [1.29, 1.82) is 0 Å². The summed E-state index contributed by atoms with van der Waals surface area (Å²) in [5, 5.41) is 13.3.